The summed E-state index contributed by atoms with van der Waals surface area (Å²) in [6.07, 6.45) is 0. The maximum absolute atomic E-state index is 11.5. The summed E-state index contributed by atoms with van der Waals surface area (Å²) >= 11 is 1.86. The van der Waals surface area contributed by atoms with Crippen molar-refractivity contribution < 1.29 is 20.1 Å². The van der Waals surface area contributed by atoms with Gasteiger partial charge in [0.1, 0.15) is 0 Å². The largest absolute Gasteiger partial charge is 0.848 e. The normalized spacial score (nSPS) is 11.4. The SMILES string of the molecule is O=C(O)CNC([O-])([O-])c1ccccc1I. The van der Waals surface area contributed by atoms with Gasteiger partial charge in [-0.1, -0.05) is 18.2 Å². The van der Waals surface area contributed by atoms with Crippen LogP contribution in [0.4, 0.5) is 0 Å². The Labute approximate surface area is 99.9 Å². The van der Waals surface area contributed by atoms with Gasteiger partial charge in [-0.15, -0.1) is 5.91 Å². The van der Waals surface area contributed by atoms with Crippen LogP contribution in [0.5, 0.6) is 0 Å². The van der Waals surface area contributed by atoms with E-state index in [4.69, 9.17) is 5.11 Å². The summed E-state index contributed by atoms with van der Waals surface area (Å²) in [6.45, 7) is -0.655. The molecule has 1 rings (SSSR count). The van der Waals surface area contributed by atoms with Gasteiger partial charge < -0.3 is 20.6 Å². The first-order valence-corrected chi connectivity index (χ1v) is 5.14. The number of rotatable bonds is 4. The van der Waals surface area contributed by atoms with Gasteiger partial charge in [0.2, 0.25) is 0 Å². The van der Waals surface area contributed by atoms with Crippen molar-refractivity contribution in [2.45, 2.75) is 5.91 Å². The second kappa shape index (κ2) is 4.88. The number of nitrogens with one attached hydrogen (secondary N) is 1. The third kappa shape index (κ3) is 3.42. The molecule has 82 valence electrons. The highest BCUT2D eigenvalue weighted by molar-refractivity contribution is 14.1. The molecular weight excluding hydrogens is 313 g/mol. The van der Waals surface area contributed by atoms with E-state index in [1.54, 1.807) is 18.2 Å². The van der Waals surface area contributed by atoms with Crippen molar-refractivity contribution >= 4 is 28.6 Å². The molecule has 1 aromatic rings. The number of carboxylic acids is 1. The van der Waals surface area contributed by atoms with E-state index >= 15 is 0 Å². The van der Waals surface area contributed by atoms with E-state index in [0.717, 1.165) is 0 Å². The second-order valence-electron chi connectivity index (χ2n) is 2.84. The minimum absolute atomic E-state index is 0.00634. The Morgan fingerprint density at radius 2 is 2.07 bits per heavy atom. The summed E-state index contributed by atoms with van der Waals surface area (Å²) in [5, 5.41) is 33.2. The second-order valence-corrected chi connectivity index (χ2v) is 4.01. The summed E-state index contributed by atoms with van der Waals surface area (Å²) in [5.41, 5.74) is 0.00634. The van der Waals surface area contributed by atoms with E-state index in [1.807, 2.05) is 27.9 Å². The smallest absolute Gasteiger partial charge is 0.317 e. The number of carboxylic acid groups (broad SMARTS) is 1. The molecule has 0 atom stereocenters. The molecule has 0 aromatic heterocycles. The van der Waals surface area contributed by atoms with Crippen LogP contribution in [-0.2, 0) is 10.7 Å². The lowest BCUT2D eigenvalue weighted by Crippen LogP contribution is -2.64. The Bertz CT molecular complexity index is 367. The molecule has 0 aliphatic rings. The molecule has 0 unspecified atom stereocenters. The summed E-state index contributed by atoms with van der Waals surface area (Å²) in [4.78, 5) is 10.2. The summed E-state index contributed by atoms with van der Waals surface area (Å²) in [7, 11) is 0. The van der Waals surface area contributed by atoms with Gasteiger partial charge in [-0.25, -0.2) is 0 Å². The number of aliphatic carboxylic acids is 1. The molecule has 0 fully saturated rings. The molecule has 0 spiro atoms. The molecule has 0 aliphatic carbocycles. The minimum Gasteiger partial charge on any atom is -0.848 e. The molecule has 6 heteroatoms. The number of hydrogen-bond acceptors (Lipinski definition) is 4. The zero-order chi connectivity index (χ0) is 11.5. The molecule has 0 amide bonds. The number of hydrogen-bond donors (Lipinski definition) is 2. The predicted molar refractivity (Wildman–Crippen MR) is 56.5 cm³/mol. The standard InChI is InChI=1S/C9H8INO4/c10-7-4-2-1-3-6(7)9(14,15)11-5-8(12)13/h1-4,11H,5H2,(H,12,13)/q-2. The fourth-order valence-corrected chi connectivity index (χ4v) is 1.76. The third-order valence-electron chi connectivity index (χ3n) is 1.70. The van der Waals surface area contributed by atoms with Gasteiger partial charge in [-0.3, -0.25) is 4.79 Å². The van der Waals surface area contributed by atoms with Crippen molar-refractivity contribution in [3.8, 4) is 0 Å². The van der Waals surface area contributed by atoms with Crippen molar-refractivity contribution in [1.82, 2.24) is 5.32 Å². The molecule has 0 bridgehead atoms. The lowest BCUT2D eigenvalue weighted by Gasteiger charge is -2.50. The van der Waals surface area contributed by atoms with E-state index in [9.17, 15) is 15.0 Å². The Hall–Kier alpha value is -0.700. The van der Waals surface area contributed by atoms with Crippen LogP contribution in [-0.4, -0.2) is 17.6 Å². The Morgan fingerprint density at radius 1 is 1.47 bits per heavy atom. The van der Waals surface area contributed by atoms with Crippen LogP contribution in [0.3, 0.4) is 0 Å². The highest BCUT2D eigenvalue weighted by atomic mass is 127. The first-order valence-electron chi connectivity index (χ1n) is 4.06. The molecular formula is C9H8INO4-2. The van der Waals surface area contributed by atoms with Crippen LogP contribution >= 0.6 is 22.6 Å². The van der Waals surface area contributed by atoms with Crippen LogP contribution < -0.4 is 15.5 Å². The molecule has 0 aliphatic heterocycles. The fraction of sp³-hybridized carbons (Fsp3) is 0.222. The molecule has 0 saturated heterocycles. The van der Waals surface area contributed by atoms with E-state index in [2.05, 4.69) is 0 Å². The van der Waals surface area contributed by atoms with Crippen molar-refractivity contribution in [3.05, 3.63) is 33.4 Å². The topological polar surface area (TPSA) is 95.5 Å². The third-order valence-corrected chi connectivity index (χ3v) is 2.64. The van der Waals surface area contributed by atoms with Gasteiger partial charge in [0.05, 0.1) is 6.54 Å². The maximum Gasteiger partial charge on any atom is 0.317 e. The van der Waals surface area contributed by atoms with Gasteiger partial charge in [0.15, 0.2) is 0 Å². The Morgan fingerprint density at radius 3 is 2.60 bits per heavy atom. The minimum atomic E-state index is -2.82. The molecule has 0 saturated carbocycles. The van der Waals surface area contributed by atoms with Crippen LogP contribution in [0.25, 0.3) is 0 Å². The average Bonchev–Trinajstić information content (AvgIpc) is 2.15. The van der Waals surface area contributed by atoms with Crippen molar-refractivity contribution in [2.75, 3.05) is 6.54 Å². The number of halogens is 1. The highest BCUT2D eigenvalue weighted by Crippen LogP contribution is 2.16. The molecule has 0 radical (unpaired) electrons. The zero-order valence-corrected chi connectivity index (χ0v) is 9.72. The average molecular weight is 321 g/mol. The summed E-state index contributed by atoms with van der Waals surface area (Å²) in [5.74, 6) is -4.06. The zero-order valence-electron chi connectivity index (χ0n) is 7.57. The van der Waals surface area contributed by atoms with Crippen molar-refractivity contribution in [1.29, 1.82) is 0 Å². The number of benzene rings is 1. The Kier molecular flexibility index (Phi) is 4.03. The lowest BCUT2D eigenvalue weighted by atomic mass is 10.1. The monoisotopic (exact) mass is 321 g/mol. The van der Waals surface area contributed by atoms with Crippen LogP contribution in [0, 0.1) is 3.57 Å². The van der Waals surface area contributed by atoms with Crippen LogP contribution in [0.15, 0.2) is 24.3 Å². The van der Waals surface area contributed by atoms with E-state index in [0.29, 0.717) is 3.57 Å². The fourth-order valence-electron chi connectivity index (χ4n) is 1.02. The van der Waals surface area contributed by atoms with Crippen LogP contribution in [0.2, 0.25) is 0 Å². The highest BCUT2D eigenvalue weighted by Gasteiger charge is 2.09. The Balaban J connectivity index is 2.85. The molecule has 0 heterocycles. The lowest BCUT2D eigenvalue weighted by molar-refractivity contribution is -0.744. The predicted octanol–water partition coefficient (Wildman–Crippen LogP) is -1.20. The van der Waals surface area contributed by atoms with Crippen molar-refractivity contribution in [3.63, 3.8) is 0 Å². The van der Waals surface area contributed by atoms with Gasteiger partial charge >= 0.3 is 5.97 Å². The van der Waals surface area contributed by atoms with Gasteiger partial charge in [0.25, 0.3) is 0 Å². The molecule has 2 N–H and O–H groups in total. The summed E-state index contributed by atoms with van der Waals surface area (Å²) < 4.78 is 0.512. The summed E-state index contributed by atoms with van der Waals surface area (Å²) in [6, 6.07) is 6.25. The molecule has 5 nitrogen and oxygen atoms in total. The van der Waals surface area contributed by atoms with Crippen LogP contribution in [0.1, 0.15) is 5.56 Å². The molecule has 15 heavy (non-hydrogen) atoms. The van der Waals surface area contributed by atoms with E-state index < -0.39 is 18.4 Å². The van der Waals surface area contributed by atoms with E-state index in [1.165, 1.54) is 6.07 Å². The van der Waals surface area contributed by atoms with Crippen molar-refractivity contribution in [2.24, 2.45) is 0 Å². The first-order chi connectivity index (χ1) is 6.93. The van der Waals surface area contributed by atoms with Gasteiger partial charge in [-0.05, 0) is 34.2 Å². The maximum atomic E-state index is 11.5. The van der Waals surface area contributed by atoms with Gasteiger partial charge in [-0.2, -0.15) is 0 Å². The van der Waals surface area contributed by atoms with E-state index in [-0.39, 0.29) is 5.56 Å². The first kappa shape index (κ1) is 12.4. The molecule has 1 aromatic carbocycles. The quantitative estimate of drug-likeness (QED) is 0.536. The van der Waals surface area contributed by atoms with Gasteiger partial charge in [0, 0.05) is 3.57 Å². The number of carbonyl (C=O) groups is 1.